The van der Waals surface area contributed by atoms with E-state index in [9.17, 15) is 9.59 Å². The number of benzene rings is 2. The predicted molar refractivity (Wildman–Crippen MR) is 121 cm³/mol. The summed E-state index contributed by atoms with van der Waals surface area (Å²) in [6.07, 6.45) is 2.48. The maximum Gasteiger partial charge on any atom is 0.273 e. The van der Waals surface area contributed by atoms with E-state index in [-0.39, 0.29) is 11.6 Å². The van der Waals surface area contributed by atoms with Crippen LogP contribution >= 0.6 is 27.3 Å². The highest BCUT2D eigenvalue weighted by molar-refractivity contribution is 9.10. The van der Waals surface area contributed by atoms with Crippen molar-refractivity contribution in [3.8, 4) is 0 Å². The fourth-order valence-corrected chi connectivity index (χ4v) is 4.27. The van der Waals surface area contributed by atoms with Gasteiger partial charge in [-0.05, 0) is 30.7 Å². The summed E-state index contributed by atoms with van der Waals surface area (Å²) in [7, 11) is 0. The molecule has 0 aliphatic rings. The van der Waals surface area contributed by atoms with Gasteiger partial charge in [0.1, 0.15) is 6.04 Å². The van der Waals surface area contributed by atoms with Gasteiger partial charge in [-0.1, -0.05) is 46.3 Å². The number of H-pyrrole nitrogens is 1. The molecule has 1 unspecified atom stereocenters. The average molecular weight is 484 g/mol. The first-order valence-electron chi connectivity index (χ1n) is 9.23. The quantitative estimate of drug-likeness (QED) is 0.383. The Hall–Kier alpha value is -3.04. The van der Waals surface area contributed by atoms with Gasteiger partial charge in [0.25, 0.3) is 5.91 Å². The topological polar surface area (TPSA) is 99.8 Å². The van der Waals surface area contributed by atoms with E-state index >= 15 is 0 Å². The predicted octanol–water partition coefficient (Wildman–Crippen LogP) is 4.13. The minimum Gasteiger partial charge on any atom is -0.339 e. The van der Waals surface area contributed by atoms with Gasteiger partial charge in [-0.3, -0.25) is 14.7 Å². The first kappa shape index (κ1) is 20.2. The second kappa shape index (κ2) is 8.76. The lowest BCUT2D eigenvalue weighted by Gasteiger charge is -2.12. The number of aromatic amines is 1. The van der Waals surface area contributed by atoms with Crippen LogP contribution in [-0.2, 0) is 11.2 Å². The van der Waals surface area contributed by atoms with E-state index in [1.807, 2.05) is 42.5 Å². The molecule has 7 nitrogen and oxygen atoms in total. The monoisotopic (exact) mass is 483 g/mol. The minimum atomic E-state index is -0.745. The highest BCUT2D eigenvalue weighted by Gasteiger charge is 2.21. The Morgan fingerprint density at radius 1 is 1.20 bits per heavy atom. The van der Waals surface area contributed by atoms with E-state index in [0.717, 1.165) is 26.9 Å². The number of hydrogen-bond donors (Lipinski definition) is 3. The van der Waals surface area contributed by atoms with Gasteiger partial charge in [0, 0.05) is 27.4 Å². The van der Waals surface area contributed by atoms with Gasteiger partial charge < -0.3 is 10.6 Å². The smallest absolute Gasteiger partial charge is 0.273 e. The normalized spacial score (nSPS) is 11.9. The van der Waals surface area contributed by atoms with Crippen molar-refractivity contribution >= 4 is 55.1 Å². The molecule has 0 spiro atoms. The molecule has 30 heavy (non-hydrogen) atoms. The maximum atomic E-state index is 12.5. The van der Waals surface area contributed by atoms with E-state index in [0.29, 0.717) is 10.5 Å². The molecule has 0 saturated heterocycles. The van der Waals surface area contributed by atoms with E-state index in [2.05, 4.69) is 41.7 Å². The Labute approximate surface area is 185 Å². The molecule has 0 radical (unpaired) electrons. The minimum absolute atomic E-state index is 0.260. The SMILES string of the molecule is CC(NC(=O)c1n[nH]c2ccccc12)C(=O)Nc1ncc(Cc2cccc(Br)c2)s1. The number of para-hydroxylation sites is 1. The Bertz CT molecular complexity index is 1220. The molecule has 0 aliphatic carbocycles. The van der Waals surface area contributed by atoms with Crippen LogP contribution in [0, 0.1) is 0 Å². The number of halogens is 1. The summed E-state index contributed by atoms with van der Waals surface area (Å²) in [6, 6.07) is 14.6. The summed E-state index contributed by atoms with van der Waals surface area (Å²) in [4.78, 5) is 30.3. The molecule has 9 heteroatoms. The van der Waals surface area contributed by atoms with Crippen molar-refractivity contribution in [2.45, 2.75) is 19.4 Å². The number of carbonyl (C=O) groups is 2. The molecule has 1 atom stereocenters. The van der Waals surface area contributed by atoms with Crippen molar-refractivity contribution in [2.24, 2.45) is 0 Å². The van der Waals surface area contributed by atoms with Crippen LogP contribution in [0.4, 0.5) is 5.13 Å². The fourth-order valence-electron chi connectivity index (χ4n) is 2.98. The lowest BCUT2D eigenvalue weighted by Crippen LogP contribution is -2.41. The average Bonchev–Trinajstić information content (AvgIpc) is 3.34. The Morgan fingerprint density at radius 3 is 2.87 bits per heavy atom. The number of anilines is 1. The van der Waals surface area contributed by atoms with E-state index in [4.69, 9.17) is 0 Å². The molecule has 0 fully saturated rings. The zero-order valence-corrected chi connectivity index (χ0v) is 18.4. The van der Waals surface area contributed by atoms with Gasteiger partial charge >= 0.3 is 0 Å². The third-order valence-corrected chi connectivity index (χ3v) is 5.88. The summed E-state index contributed by atoms with van der Waals surface area (Å²) < 4.78 is 1.02. The number of nitrogens with zero attached hydrogens (tertiary/aromatic N) is 2. The first-order chi connectivity index (χ1) is 14.5. The van der Waals surface area contributed by atoms with Crippen molar-refractivity contribution in [1.29, 1.82) is 0 Å². The number of hydrogen-bond acceptors (Lipinski definition) is 5. The van der Waals surface area contributed by atoms with Crippen molar-refractivity contribution in [2.75, 3.05) is 5.32 Å². The third kappa shape index (κ3) is 4.58. The van der Waals surface area contributed by atoms with Crippen molar-refractivity contribution in [3.05, 3.63) is 75.3 Å². The summed E-state index contributed by atoms with van der Waals surface area (Å²) in [5, 5.41) is 13.5. The second-order valence-corrected chi connectivity index (χ2v) is 8.77. The molecule has 0 aliphatic heterocycles. The molecule has 4 rings (SSSR count). The van der Waals surface area contributed by atoms with Crippen LogP contribution in [0.5, 0.6) is 0 Å². The number of carbonyl (C=O) groups excluding carboxylic acids is 2. The first-order valence-corrected chi connectivity index (χ1v) is 10.8. The summed E-state index contributed by atoms with van der Waals surface area (Å²) in [5.74, 6) is -0.754. The maximum absolute atomic E-state index is 12.5. The molecule has 152 valence electrons. The molecule has 2 aromatic carbocycles. The van der Waals surface area contributed by atoms with Gasteiger partial charge in [-0.2, -0.15) is 5.10 Å². The van der Waals surface area contributed by atoms with Gasteiger partial charge in [0.2, 0.25) is 5.91 Å². The van der Waals surface area contributed by atoms with Gasteiger partial charge in [-0.15, -0.1) is 11.3 Å². The largest absolute Gasteiger partial charge is 0.339 e. The number of aromatic nitrogens is 3. The van der Waals surface area contributed by atoms with E-state index in [1.54, 1.807) is 19.2 Å². The highest BCUT2D eigenvalue weighted by atomic mass is 79.9. The summed E-state index contributed by atoms with van der Waals surface area (Å²) >= 11 is 4.88. The number of amides is 2. The standard InChI is InChI=1S/C21H18BrN5O2S/c1-12(24-20(29)18-16-7-2-3-8-17(16)26-27-18)19(28)25-21-23-11-15(30-21)10-13-5-4-6-14(22)9-13/h2-9,11-12H,10H2,1H3,(H,24,29)(H,26,27)(H,23,25,28). The van der Waals surface area contributed by atoms with Gasteiger partial charge in [0.15, 0.2) is 10.8 Å². The van der Waals surface area contributed by atoms with Crippen LogP contribution in [0.1, 0.15) is 27.9 Å². The van der Waals surface area contributed by atoms with Crippen LogP contribution in [-0.4, -0.2) is 33.0 Å². The molecular weight excluding hydrogens is 466 g/mol. The van der Waals surface area contributed by atoms with Crippen LogP contribution in [0.2, 0.25) is 0 Å². The zero-order valence-electron chi connectivity index (χ0n) is 16.0. The molecular formula is C21H18BrN5O2S. The molecule has 0 saturated carbocycles. The fraction of sp³-hybridized carbons (Fsp3) is 0.143. The number of rotatable bonds is 6. The van der Waals surface area contributed by atoms with Crippen LogP contribution < -0.4 is 10.6 Å². The lowest BCUT2D eigenvalue weighted by atomic mass is 10.1. The third-order valence-electron chi connectivity index (χ3n) is 4.48. The van der Waals surface area contributed by atoms with Gasteiger partial charge in [0.05, 0.1) is 5.52 Å². The molecule has 2 heterocycles. The van der Waals surface area contributed by atoms with Gasteiger partial charge in [-0.25, -0.2) is 4.98 Å². The Balaban J connectivity index is 1.36. The summed E-state index contributed by atoms with van der Waals surface area (Å²) in [5.41, 5.74) is 2.18. The number of nitrogens with one attached hydrogen (secondary N) is 3. The van der Waals surface area contributed by atoms with Crippen molar-refractivity contribution in [1.82, 2.24) is 20.5 Å². The van der Waals surface area contributed by atoms with Crippen molar-refractivity contribution < 1.29 is 9.59 Å². The molecule has 3 N–H and O–H groups in total. The van der Waals surface area contributed by atoms with E-state index < -0.39 is 11.9 Å². The van der Waals surface area contributed by atoms with Crippen molar-refractivity contribution in [3.63, 3.8) is 0 Å². The molecule has 2 amide bonds. The van der Waals surface area contributed by atoms with E-state index in [1.165, 1.54) is 11.3 Å². The zero-order chi connectivity index (χ0) is 21.1. The Morgan fingerprint density at radius 2 is 2.03 bits per heavy atom. The lowest BCUT2D eigenvalue weighted by molar-refractivity contribution is -0.117. The number of fused-ring (bicyclic) bond motifs is 1. The summed E-state index contributed by atoms with van der Waals surface area (Å²) in [6.45, 7) is 1.62. The van der Waals surface area contributed by atoms with Crippen LogP contribution in [0.25, 0.3) is 10.9 Å². The highest BCUT2D eigenvalue weighted by Crippen LogP contribution is 2.23. The molecule has 0 bridgehead atoms. The molecule has 2 aromatic heterocycles. The second-order valence-electron chi connectivity index (χ2n) is 6.74. The van der Waals surface area contributed by atoms with Crippen LogP contribution in [0.15, 0.2) is 59.2 Å². The van der Waals surface area contributed by atoms with Crippen LogP contribution in [0.3, 0.4) is 0 Å². The number of thiazole rings is 1. The Kier molecular flexibility index (Phi) is 5.91. The molecule has 4 aromatic rings.